The topological polar surface area (TPSA) is 62.8 Å². The number of hydrogen-bond acceptors (Lipinski definition) is 3. The number of nitrogens with two attached hydrogens (primary N) is 1. The molecule has 1 heterocycles. The van der Waals surface area contributed by atoms with Gasteiger partial charge in [-0.05, 0) is 12.1 Å². The summed E-state index contributed by atoms with van der Waals surface area (Å²) in [5.74, 6) is 0.00890. The van der Waals surface area contributed by atoms with Crippen LogP contribution in [-0.4, -0.2) is 10.8 Å². The van der Waals surface area contributed by atoms with Gasteiger partial charge in [-0.25, -0.2) is 4.98 Å². The lowest BCUT2D eigenvalue weighted by atomic mass is 10.2. The van der Waals surface area contributed by atoms with Gasteiger partial charge in [-0.15, -0.1) is 11.3 Å². The summed E-state index contributed by atoms with van der Waals surface area (Å²) in [6.07, 6.45) is 0. The molecule has 2 rings (SSSR count). The predicted octanol–water partition coefficient (Wildman–Crippen LogP) is 2.86. The maximum Gasteiger partial charge on any atom is 0.142 e. The zero-order valence-electron chi connectivity index (χ0n) is 7.70. The van der Waals surface area contributed by atoms with E-state index in [1.54, 1.807) is 5.38 Å². The lowest BCUT2D eigenvalue weighted by molar-refractivity contribution is 1.31. The van der Waals surface area contributed by atoms with Gasteiger partial charge in [0, 0.05) is 15.4 Å². The molecule has 0 fully saturated rings. The molecular formula is C10H8BrN3S. The molecule has 0 aliphatic heterocycles. The van der Waals surface area contributed by atoms with E-state index in [1.165, 1.54) is 11.3 Å². The quantitative estimate of drug-likeness (QED) is 0.657. The van der Waals surface area contributed by atoms with E-state index in [2.05, 4.69) is 20.9 Å². The molecular weight excluding hydrogens is 274 g/mol. The first-order valence-electron chi connectivity index (χ1n) is 4.22. The van der Waals surface area contributed by atoms with E-state index in [-0.39, 0.29) is 5.84 Å². The normalized spacial score (nSPS) is 10.2. The van der Waals surface area contributed by atoms with Gasteiger partial charge in [0.25, 0.3) is 0 Å². The molecule has 0 spiro atoms. The largest absolute Gasteiger partial charge is 0.382 e. The molecule has 15 heavy (non-hydrogen) atoms. The first-order chi connectivity index (χ1) is 7.16. The van der Waals surface area contributed by atoms with Crippen LogP contribution in [0.2, 0.25) is 0 Å². The van der Waals surface area contributed by atoms with Crippen LogP contribution in [0.25, 0.3) is 10.6 Å². The summed E-state index contributed by atoms with van der Waals surface area (Å²) in [4.78, 5) is 4.26. The molecule has 0 atom stereocenters. The highest BCUT2D eigenvalue weighted by Gasteiger charge is 2.05. The minimum absolute atomic E-state index is 0.00890. The van der Waals surface area contributed by atoms with Crippen LogP contribution in [-0.2, 0) is 0 Å². The van der Waals surface area contributed by atoms with Gasteiger partial charge in [0.15, 0.2) is 0 Å². The van der Waals surface area contributed by atoms with Gasteiger partial charge in [0.05, 0.1) is 0 Å². The molecule has 0 radical (unpaired) electrons. The van der Waals surface area contributed by atoms with Gasteiger partial charge in [0.2, 0.25) is 0 Å². The van der Waals surface area contributed by atoms with Crippen molar-refractivity contribution < 1.29 is 0 Å². The highest BCUT2D eigenvalue weighted by atomic mass is 79.9. The zero-order valence-corrected chi connectivity index (χ0v) is 10.1. The van der Waals surface area contributed by atoms with Crippen LogP contribution in [0.4, 0.5) is 0 Å². The Kier molecular flexibility index (Phi) is 2.83. The lowest BCUT2D eigenvalue weighted by Crippen LogP contribution is -2.11. The minimum atomic E-state index is 0.00890. The molecule has 76 valence electrons. The molecule has 0 amide bonds. The third kappa shape index (κ3) is 2.24. The fraction of sp³-hybridized carbons (Fsp3) is 0. The van der Waals surface area contributed by atoms with Gasteiger partial charge in [-0.3, -0.25) is 5.41 Å². The van der Waals surface area contributed by atoms with Crippen molar-refractivity contribution in [1.82, 2.24) is 4.98 Å². The summed E-state index contributed by atoms with van der Waals surface area (Å²) in [6, 6.07) is 7.88. The van der Waals surface area contributed by atoms with Crippen LogP contribution in [0.15, 0.2) is 34.1 Å². The van der Waals surface area contributed by atoms with Crippen molar-refractivity contribution in [2.24, 2.45) is 5.73 Å². The number of nitrogen functional groups attached to an aromatic ring is 1. The molecule has 3 N–H and O–H groups in total. The molecule has 2 aromatic rings. The highest BCUT2D eigenvalue weighted by Crippen LogP contribution is 2.24. The Balaban J connectivity index is 2.37. The third-order valence-electron chi connectivity index (χ3n) is 1.87. The molecule has 1 aromatic carbocycles. The summed E-state index contributed by atoms with van der Waals surface area (Å²) >= 11 is 4.86. The van der Waals surface area contributed by atoms with E-state index >= 15 is 0 Å². The number of nitrogens with zero attached hydrogens (tertiary/aromatic N) is 1. The van der Waals surface area contributed by atoms with Gasteiger partial charge < -0.3 is 5.73 Å². The lowest BCUT2D eigenvalue weighted by Gasteiger charge is -1.95. The predicted molar refractivity (Wildman–Crippen MR) is 66.3 cm³/mol. The van der Waals surface area contributed by atoms with E-state index in [0.29, 0.717) is 5.69 Å². The SMILES string of the molecule is N=C(N)c1csc(-c2ccc(Br)cc2)n1. The van der Waals surface area contributed by atoms with Gasteiger partial charge in [0.1, 0.15) is 16.5 Å². The summed E-state index contributed by atoms with van der Waals surface area (Å²) in [5.41, 5.74) is 6.93. The Hall–Kier alpha value is -1.20. The number of halogens is 1. The molecule has 5 heteroatoms. The number of rotatable bonds is 2. The van der Waals surface area contributed by atoms with Crippen molar-refractivity contribution in [2.75, 3.05) is 0 Å². The first kappa shape index (κ1) is 10.3. The second-order valence-corrected chi connectivity index (χ2v) is 4.73. The Labute approximate surface area is 99.6 Å². The van der Waals surface area contributed by atoms with E-state index in [1.807, 2.05) is 24.3 Å². The Morgan fingerprint density at radius 3 is 2.53 bits per heavy atom. The van der Waals surface area contributed by atoms with Gasteiger partial charge >= 0.3 is 0 Å². The molecule has 0 saturated carbocycles. The van der Waals surface area contributed by atoms with Crippen molar-refractivity contribution in [1.29, 1.82) is 5.41 Å². The zero-order chi connectivity index (χ0) is 10.8. The summed E-state index contributed by atoms with van der Waals surface area (Å²) in [5, 5.41) is 9.93. The summed E-state index contributed by atoms with van der Waals surface area (Å²) in [7, 11) is 0. The molecule has 1 aromatic heterocycles. The average Bonchev–Trinajstić information content (AvgIpc) is 2.68. The van der Waals surface area contributed by atoms with E-state index < -0.39 is 0 Å². The second-order valence-electron chi connectivity index (χ2n) is 2.96. The number of benzene rings is 1. The highest BCUT2D eigenvalue weighted by molar-refractivity contribution is 9.10. The number of thiazole rings is 1. The molecule has 0 saturated heterocycles. The number of aromatic nitrogens is 1. The van der Waals surface area contributed by atoms with Crippen molar-refractivity contribution >= 4 is 33.1 Å². The Morgan fingerprint density at radius 2 is 2.00 bits per heavy atom. The molecule has 0 bridgehead atoms. The Morgan fingerprint density at radius 1 is 1.33 bits per heavy atom. The fourth-order valence-corrected chi connectivity index (χ4v) is 2.21. The van der Waals surface area contributed by atoms with Crippen LogP contribution in [0, 0.1) is 5.41 Å². The monoisotopic (exact) mass is 281 g/mol. The maximum absolute atomic E-state index is 7.26. The summed E-state index contributed by atoms with van der Waals surface area (Å²) in [6.45, 7) is 0. The maximum atomic E-state index is 7.26. The molecule has 0 unspecified atom stereocenters. The molecule has 0 aliphatic carbocycles. The number of nitrogens with one attached hydrogen (secondary N) is 1. The van der Waals surface area contributed by atoms with E-state index in [9.17, 15) is 0 Å². The number of amidine groups is 1. The van der Waals surface area contributed by atoms with Crippen molar-refractivity contribution in [3.05, 3.63) is 39.8 Å². The smallest absolute Gasteiger partial charge is 0.142 e. The first-order valence-corrected chi connectivity index (χ1v) is 5.90. The summed E-state index contributed by atoms with van der Waals surface area (Å²) < 4.78 is 1.04. The van der Waals surface area contributed by atoms with Gasteiger partial charge in [-0.1, -0.05) is 28.1 Å². The van der Waals surface area contributed by atoms with Crippen LogP contribution in [0.3, 0.4) is 0 Å². The van der Waals surface area contributed by atoms with Crippen molar-refractivity contribution in [3.63, 3.8) is 0 Å². The van der Waals surface area contributed by atoms with Crippen LogP contribution < -0.4 is 5.73 Å². The second kappa shape index (κ2) is 4.12. The van der Waals surface area contributed by atoms with E-state index in [4.69, 9.17) is 11.1 Å². The van der Waals surface area contributed by atoms with Crippen LogP contribution >= 0.6 is 27.3 Å². The minimum Gasteiger partial charge on any atom is -0.382 e. The van der Waals surface area contributed by atoms with Gasteiger partial charge in [-0.2, -0.15) is 0 Å². The average molecular weight is 282 g/mol. The fourth-order valence-electron chi connectivity index (χ4n) is 1.12. The third-order valence-corrected chi connectivity index (χ3v) is 3.29. The van der Waals surface area contributed by atoms with Crippen LogP contribution in [0.5, 0.6) is 0 Å². The standard InChI is InChI=1S/C10H8BrN3S/c11-7-3-1-6(2-4-7)10-14-8(5-15-10)9(12)13/h1-5H,(H3,12,13). The number of hydrogen-bond donors (Lipinski definition) is 2. The van der Waals surface area contributed by atoms with Crippen molar-refractivity contribution in [3.8, 4) is 10.6 Å². The Bertz CT molecular complexity index is 490. The van der Waals surface area contributed by atoms with E-state index in [0.717, 1.165) is 15.0 Å². The molecule has 3 nitrogen and oxygen atoms in total. The van der Waals surface area contributed by atoms with Crippen LogP contribution in [0.1, 0.15) is 5.69 Å². The molecule has 0 aliphatic rings. The van der Waals surface area contributed by atoms with Crippen molar-refractivity contribution in [2.45, 2.75) is 0 Å².